The van der Waals surface area contributed by atoms with Crippen molar-refractivity contribution in [3.8, 4) is 0 Å². The predicted molar refractivity (Wildman–Crippen MR) is 56.0 cm³/mol. The number of rotatable bonds is 0. The third-order valence-electron chi connectivity index (χ3n) is 2.84. The molecule has 1 aliphatic heterocycles. The van der Waals surface area contributed by atoms with Gasteiger partial charge < -0.3 is 9.88 Å². The summed E-state index contributed by atoms with van der Waals surface area (Å²) in [5, 5.41) is 3.41. The van der Waals surface area contributed by atoms with E-state index in [1.54, 1.807) is 0 Å². The van der Waals surface area contributed by atoms with Crippen molar-refractivity contribution in [1.82, 2.24) is 4.57 Å². The molecule has 0 radical (unpaired) electrons. The van der Waals surface area contributed by atoms with Crippen molar-refractivity contribution in [2.75, 3.05) is 11.9 Å². The Hall–Kier alpha value is -0.920. The third kappa shape index (κ3) is 1.45. The van der Waals surface area contributed by atoms with Gasteiger partial charge >= 0.3 is 0 Å². The summed E-state index contributed by atoms with van der Waals surface area (Å²) in [6.45, 7) is 8.04. The zero-order valence-electron chi connectivity index (χ0n) is 8.67. The first kappa shape index (κ1) is 8.67. The lowest BCUT2D eigenvalue weighted by atomic mass is 9.84. The molecule has 1 atom stereocenters. The Balaban J connectivity index is 2.35. The van der Waals surface area contributed by atoms with Gasteiger partial charge in [0.1, 0.15) is 5.82 Å². The Morgan fingerprint density at radius 1 is 1.46 bits per heavy atom. The summed E-state index contributed by atoms with van der Waals surface area (Å²) in [6, 6.07) is 4.91. The zero-order chi connectivity index (χ0) is 9.47. The number of anilines is 1. The molecule has 2 nitrogen and oxygen atoms in total. The summed E-state index contributed by atoms with van der Waals surface area (Å²) >= 11 is 0. The van der Waals surface area contributed by atoms with Crippen LogP contribution in [0.1, 0.15) is 33.2 Å². The van der Waals surface area contributed by atoms with E-state index in [9.17, 15) is 0 Å². The lowest BCUT2D eigenvalue weighted by molar-refractivity contribution is 0.227. The van der Waals surface area contributed by atoms with Crippen LogP contribution in [-0.2, 0) is 0 Å². The van der Waals surface area contributed by atoms with E-state index in [0.717, 1.165) is 6.54 Å². The summed E-state index contributed by atoms with van der Waals surface area (Å²) in [6.07, 6.45) is 3.41. The molecule has 0 amide bonds. The van der Waals surface area contributed by atoms with Gasteiger partial charge in [-0.25, -0.2) is 0 Å². The maximum Gasteiger partial charge on any atom is 0.106 e. The highest BCUT2D eigenvalue weighted by atomic mass is 15.2. The van der Waals surface area contributed by atoms with Gasteiger partial charge in [0, 0.05) is 18.8 Å². The molecule has 0 bridgehead atoms. The van der Waals surface area contributed by atoms with Crippen LogP contribution in [0.3, 0.4) is 0 Å². The van der Waals surface area contributed by atoms with Crippen molar-refractivity contribution in [3.63, 3.8) is 0 Å². The highest BCUT2D eigenvalue weighted by Gasteiger charge is 2.29. The standard InChI is InChI=1S/C11H18N2/c1-11(2,3)9-6-7-12-10-5-4-8-13(9)10/h4-5,8-9,12H,6-7H2,1-3H3. The molecule has 1 aliphatic rings. The maximum atomic E-state index is 3.41. The van der Waals surface area contributed by atoms with Crippen molar-refractivity contribution in [2.24, 2.45) is 5.41 Å². The lowest BCUT2D eigenvalue weighted by Gasteiger charge is -2.36. The van der Waals surface area contributed by atoms with Crippen LogP contribution < -0.4 is 5.32 Å². The molecule has 0 fully saturated rings. The van der Waals surface area contributed by atoms with E-state index in [-0.39, 0.29) is 0 Å². The minimum absolute atomic E-state index is 0.357. The topological polar surface area (TPSA) is 17.0 Å². The van der Waals surface area contributed by atoms with Crippen LogP contribution in [0.2, 0.25) is 0 Å². The average molecular weight is 178 g/mol. The zero-order valence-corrected chi connectivity index (χ0v) is 8.67. The summed E-state index contributed by atoms with van der Waals surface area (Å²) in [7, 11) is 0. The fraction of sp³-hybridized carbons (Fsp3) is 0.636. The summed E-state index contributed by atoms with van der Waals surface area (Å²) in [4.78, 5) is 0. The molecule has 0 spiro atoms. The van der Waals surface area contributed by atoms with Gasteiger partial charge in [-0.1, -0.05) is 20.8 Å². The van der Waals surface area contributed by atoms with Gasteiger partial charge in [-0.05, 0) is 24.0 Å². The Morgan fingerprint density at radius 2 is 2.23 bits per heavy atom. The highest BCUT2D eigenvalue weighted by Crippen LogP contribution is 2.37. The van der Waals surface area contributed by atoms with Crippen molar-refractivity contribution in [2.45, 2.75) is 33.2 Å². The van der Waals surface area contributed by atoms with E-state index in [1.165, 1.54) is 12.2 Å². The quantitative estimate of drug-likeness (QED) is 0.646. The first-order chi connectivity index (χ1) is 6.09. The molecule has 2 heterocycles. The van der Waals surface area contributed by atoms with Crippen LogP contribution in [0, 0.1) is 5.41 Å². The van der Waals surface area contributed by atoms with Crippen LogP contribution >= 0.6 is 0 Å². The molecule has 72 valence electrons. The van der Waals surface area contributed by atoms with E-state index in [2.05, 4.69) is 49.0 Å². The molecule has 0 saturated carbocycles. The van der Waals surface area contributed by atoms with E-state index in [4.69, 9.17) is 0 Å². The molecule has 1 aromatic heterocycles. The number of hydrogen-bond acceptors (Lipinski definition) is 1. The van der Waals surface area contributed by atoms with Crippen LogP contribution in [0.4, 0.5) is 5.82 Å². The number of aromatic nitrogens is 1. The van der Waals surface area contributed by atoms with E-state index in [1.807, 2.05) is 0 Å². The molecular weight excluding hydrogens is 160 g/mol. The lowest BCUT2D eigenvalue weighted by Crippen LogP contribution is -2.31. The van der Waals surface area contributed by atoms with Gasteiger partial charge in [-0.3, -0.25) is 0 Å². The van der Waals surface area contributed by atoms with Crippen molar-refractivity contribution >= 4 is 5.82 Å². The largest absolute Gasteiger partial charge is 0.371 e. The first-order valence-electron chi connectivity index (χ1n) is 5.00. The van der Waals surface area contributed by atoms with Crippen LogP contribution in [0.15, 0.2) is 18.3 Å². The van der Waals surface area contributed by atoms with Crippen LogP contribution in [0.5, 0.6) is 0 Å². The first-order valence-corrected chi connectivity index (χ1v) is 5.00. The van der Waals surface area contributed by atoms with Gasteiger partial charge in [0.25, 0.3) is 0 Å². The Morgan fingerprint density at radius 3 is 2.92 bits per heavy atom. The number of nitrogens with zero attached hydrogens (tertiary/aromatic N) is 1. The molecule has 0 aromatic carbocycles. The molecule has 1 N–H and O–H groups in total. The number of nitrogens with one attached hydrogen (secondary N) is 1. The second-order valence-corrected chi connectivity index (χ2v) is 4.90. The van der Waals surface area contributed by atoms with Crippen LogP contribution in [0.25, 0.3) is 0 Å². The van der Waals surface area contributed by atoms with E-state index < -0.39 is 0 Å². The third-order valence-corrected chi connectivity index (χ3v) is 2.84. The molecule has 0 aliphatic carbocycles. The molecule has 2 heteroatoms. The molecule has 2 rings (SSSR count). The number of hydrogen-bond donors (Lipinski definition) is 1. The van der Waals surface area contributed by atoms with E-state index in [0.29, 0.717) is 11.5 Å². The fourth-order valence-electron chi connectivity index (χ4n) is 2.14. The average Bonchev–Trinajstić information content (AvgIpc) is 2.48. The van der Waals surface area contributed by atoms with Crippen molar-refractivity contribution < 1.29 is 0 Å². The fourth-order valence-corrected chi connectivity index (χ4v) is 2.14. The SMILES string of the molecule is CC(C)(C)C1CCNc2cccn21. The minimum atomic E-state index is 0.357. The second kappa shape index (κ2) is 2.79. The maximum absolute atomic E-state index is 3.41. The second-order valence-electron chi connectivity index (χ2n) is 4.90. The van der Waals surface area contributed by atoms with E-state index >= 15 is 0 Å². The van der Waals surface area contributed by atoms with Gasteiger partial charge in [0.05, 0.1) is 0 Å². The summed E-state index contributed by atoms with van der Waals surface area (Å²) in [5.41, 5.74) is 0.357. The van der Waals surface area contributed by atoms with Crippen molar-refractivity contribution in [1.29, 1.82) is 0 Å². The summed E-state index contributed by atoms with van der Waals surface area (Å²) in [5.74, 6) is 1.27. The van der Waals surface area contributed by atoms with Gasteiger partial charge in [-0.15, -0.1) is 0 Å². The molecular formula is C11H18N2. The Kier molecular flexibility index (Phi) is 1.86. The monoisotopic (exact) mass is 178 g/mol. The predicted octanol–water partition coefficient (Wildman–Crippen LogP) is 2.89. The number of fused-ring (bicyclic) bond motifs is 1. The van der Waals surface area contributed by atoms with Gasteiger partial charge in [-0.2, -0.15) is 0 Å². The van der Waals surface area contributed by atoms with Gasteiger partial charge in [0.2, 0.25) is 0 Å². The Labute approximate surface area is 79.9 Å². The molecule has 0 saturated heterocycles. The van der Waals surface area contributed by atoms with Crippen molar-refractivity contribution in [3.05, 3.63) is 18.3 Å². The normalized spacial score (nSPS) is 22.2. The highest BCUT2D eigenvalue weighted by molar-refractivity contribution is 5.39. The smallest absolute Gasteiger partial charge is 0.106 e. The minimum Gasteiger partial charge on any atom is -0.371 e. The van der Waals surface area contributed by atoms with Crippen LogP contribution in [-0.4, -0.2) is 11.1 Å². The molecule has 13 heavy (non-hydrogen) atoms. The summed E-state index contributed by atoms with van der Waals surface area (Å²) < 4.78 is 2.36. The Bertz CT molecular complexity index is 293. The van der Waals surface area contributed by atoms with Gasteiger partial charge in [0.15, 0.2) is 0 Å². The molecule has 1 unspecified atom stereocenters. The molecule has 1 aromatic rings.